The van der Waals surface area contributed by atoms with E-state index in [1.54, 1.807) is 6.20 Å². The molecule has 88 valence electrons. The molecular weight excluding hydrogens is 210 g/mol. The quantitative estimate of drug-likeness (QED) is 0.845. The lowest BCUT2D eigenvalue weighted by atomic mass is 9.97. The van der Waals surface area contributed by atoms with Crippen molar-refractivity contribution in [1.29, 1.82) is 0 Å². The van der Waals surface area contributed by atoms with Gasteiger partial charge in [-0.1, -0.05) is 30.3 Å². The molecule has 2 aromatic rings. The SMILES string of the molecule is Cc1ccccc1CC(N)c1cccnc1N. The minimum Gasteiger partial charge on any atom is -0.383 e. The van der Waals surface area contributed by atoms with Gasteiger partial charge in [-0.3, -0.25) is 0 Å². The number of hydrogen-bond donors (Lipinski definition) is 2. The minimum absolute atomic E-state index is 0.107. The van der Waals surface area contributed by atoms with Crippen LogP contribution in [-0.2, 0) is 6.42 Å². The Balaban J connectivity index is 2.20. The summed E-state index contributed by atoms with van der Waals surface area (Å²) in [6, 6.07) is 11.9. The molecule has 0 aliphatic heterocycles. The second-order valence-electron chi connectivity index (χ2n) is 4.21. The first-order valence-electron chi connectivity index (χ1n) is 5.69. The van der Waals surface area contributed by atoms with E-state index in [9.17, 15) is 0 Å². The van der Waals surface area contributed by atoms with Crippen molar-refractivity contribution in [3.05, 3.63) is 59.3 Å². The second-order valence-corrected chi connectivity index (χ2v) is 4.21. The van der Waals surface area contributed by atoms with Crippen LogP contribution >= 0.6 is 0 Å². The number of aryl methyl sites for hydroxylation is 1. The largest absolute Gasteiger partial charge is 0.383 e. The molecule has 2 rings (SSSR count). The fraction of sp³-hybridized carbons (Fsp3) is 0.214. The molecule has 0 radical (unpaired) electrons. The molecule has 0 bridgehead atoms. The van der Waals surface area contributed by atoms with E-state index >= 15 is 0 Å². The first-order chi connectivity index (χ1) is 8.18. The van der Waals surface area contributed by atoms with Crippen molar-refractivity contribution in [3.63, 3.8) is 0 Å². The molecule has 1 heterocycles. The smallest absolute Gasteiger partial charge is 0.128 e. The Kier molecular flexibility index (Phi) is 3.40. The normalized spacial score (nSPS) is 12.4. The van der Waals surface area contributed by atoms with Crippen LogP contribution in [0.25, 0.3) is 0 Å². The van der Waals surface area contributed by atoms with Gasteiger partial charge in [0.25, 0.3) is 0 Å². The molecule has 1 atom stereocenters. The van der Waals surface area contributed by atoms with Gasteiger partial charge < -0.3 is 11.5 Å². The number of anilines is 1. The lowest BCUT2D eigenvalue weighted by molar-refractivity contribution is 0.718. The van der Waals surface area contributed by atoms with E-state index < -0.39 is 0 Å². The van der Waals surface area contributed by atoms with Crippen LogP contribution in [0, 0.1) is 6.92 Å². The van der Waals surface area contributed by atoms with Crippen LogP contribution in [0.1, 0.15) is 22.7 Å². The summed E-state index contributed by atoms with van der Waals surface area (Å²) in [5.74, 6) is 0.522. The predicted octanol–water partition coefficient (Wildman–Crippen LogP) is 2.21. The number of nitrogen functional groups attached to an aromatic ring is 1. The van der Waals surface area contributed by atoms with Crippen molar-refractivity contribution in [2.45, 2.75) is 19.4 Å². The summed E-state index contributed by atoms with van der Waals surface area (Å²) >= 11 is 0. The van der Waals surface area contributed by atoms with E-state index in [0.717, 1.165) is 12.0 Å². The standard InChI is InChI=1S/C14H17N3/c1-10-5-2-3-6-11(10)9-13(15)12-7-4-8-17-14(12)16/h2-8,13H,9,15H2,1H3,(H2,16,17). The lowest BCUT2D eigenvalue weighted by Crippen LogP contribution is -2.16. The van der Waals surface area contributed by atoms with Gasteiger partial charge in [0, 0.05) is 17.8 Å². The number of aromatic nitrogens is 1. The van der Waals surface area contributed by atoms with Gasteiger partial charge in [0.15, 0.2) is 0 Å². The van der Waals surface area contributed by atoms with Gasteiger partial charge in [-0.05, 0) is 30.5 Å². The summed E-state index contributed by atoms with van der Waals surface area (Å²) in [5, 5.41) is 0. The molecule has 3 nitrogen and oxygen atoms in total. The Morgan fingerprint density at radius 2 is 1.94 bits per heavy atom. The summed E-state index contributed by atoms with van der Waals surface area (Å²) in [7, 11) is 0. The molecule has 17 heavy (non-hydrogen) atoms. The number of hydrogen-bond acceptors (Lipinski definition) is 3. The highest BCUT2D eigenvalue weighted by molar-refractivity contribution is 5.41. The first-order valence-corrected chi connectivity index (χ1v) is 5.69. The van der Waals surface area contributed by atoms with Crippen LogP contribution in [0.3, 0.4) is 0 Å². The Morgan fingerprint density at radius 3 is 2.65 bits per heavy atom. The lowest BCUT2D eigenvalue weighted by Gasteiger charge is -2.15. The minimum atomic E-state index is -0.107. The Hall–Kier alpha value is -1.87. The first kappa shape index (κ1) is 11.6. The van der Waals surface area contributed by atoms with Gasteiger partial charge in [-0.15, -0.1) is 0 Å². The van der Waals surface area contributed by atoms with Crippen LogP contribution in [0.5, 0.6) is 0 Å². The van der Waals surface area contributed by atoms with E-state index in [4.69, 9.17) is 11.5 Å². The molecular formula is C14H17N3. The number of pyridine rings is 1. The topological polar surface area (TPSA) is 64.9 Å². The molecule has 1 unspecified atom stereocenters. The van der Waals surface area contributed by atoms with Gasteiger partial charge in [-0.25, -0.2) is 4.98 Å². The maximum absolute atomic E-state index is 6.18. The molecule has 0 aliphatic carbocycles. The van der Waals surface area contributed by atoms with Crippen LogP contribution in [0.4, 0.5) is 5.82 Å². The van der Waals surface area contributed by atoms with E-state index in [-0.39, 0.29) is 6.04 Å². The maximum Gasteiger partial charge on any atom is 0.128 e. The van der Waals surface area contributed by atoms with Crippen molar-refractivity contribution in [3.8, 4) is 0 Å². The van der Waals surface area contributed by atoms with Gasteiger partial charge in [-0.2, -0.15) is 0 Å². The van der Waals surface area contributed by atoms with Crippen LogP contribution in [0.15, 0.2) is 42.6 Å². The van der Waals surface area contributed by atoms with E-state index in [2.05, 4.69) is 24.0 Å². The Labute approximate surface area is 101 Å². The summed E-state index contributed by atoms with van der Waals surface area (Å²) in [6.45, 7) is 2.09. The molecule has 0 amide bonds. The third kappa shape index (κ3) is 2.63. The highest BCUT2D eigenvalue weighted by atomic mass is 14.8. The van der Waals surface area contributed by atoms with Crippen molar-refractivity contribution in [2.75, 3.05) is 5.73 Å². The van der Waals surface area contributed by atoms with E-state index in [0.29, 0.717) is 5.82 Å². The van der Waals surface area contributed by atoms with Gasteiger partial charge >= 0.3 is 0 Å². The molecule has 1 aromatic heterocycles. The van der Waals surface area contributed by atoms with Gasteiger partial charge in [0.1, 0.15) is 5.82 Å². The summed E-state index contributed by atoms with van der Waals surface area (Å²) in [4.78, 5) is 4.06. The van der Waals surface area contributed by atoms with Gasteiger partial charge in [0.2, 0.25) is 0 Å². The molecule has 0 aliphatic rings. The van der Waals surface area contributed by atoms with Crippen LogP contribution < -0.4 is 11.5 Å². The fourth-order valence-electron chi connectivity index (χ4n) is 1.93. The number of benzene rings is 1. The third-order valence-corrected chi connectivity index (χ3v) is 2.97. The van der Waals surface area contributed by atoms with Crippen molar-refractivity contribution < 1.29 is 0 Å². The zero-order chi connectivity index (χ0) is 12.3. The zero-order valence-electron chi connectivity index (χ0n) is 9.93. The molecule has 3 heteroatoms. The van der Waals surface area contributed by atoms with Crippen molar-refractivity contribution in [1.82, 2.24) is 4.98 Å². The summed E-state index contributed by atoms with van der Waals surface area (Å²) in [5.41, 5.74) is 15.4. The molecule has 0 spiro atoms. The number of rotatable bonds is 3. The Morgan fingerprint density at radius 1 is 1.18 bits per heavy atom. The fourth-order valence-corrected chi connectivity index (χ4v) is 1.93. The summed E-state index contributed by atoms with van der Waals surface area (Å²) in [6.07, 6.45) is 2.46. The molecule has 0 fully saturated rings. The highest BCUT2D eigenvalue weighted by Gasteiger charge is 2.11. The summed E-state index contributed by atoms with van der Waals surface area (Å²) < 4.78 is 0. The van der Waals surface area contributed by atoms with Crippen LogP contribution in [0.2, 0.25) is 0 Å². The maximum atomic E-state index is 6.18. The van der Waals surface area contributed by atoms with Gasteiger partial charge in [0.05, 0.1) is 0 Å². The number of nitrogens with zero attached hydrogens (tertiary/aromatic N) is 1. The number of nitrogens with two attached hydrogens (primary N) is 2. The van der Waals surface area contributed by atoms with Crippen molar-refractivity contribution >= 4 is 5.82 Å². The highest BCUT2D eigenvalue weighted by Crippen LogP contribution is 2.21. The Bertz CT molecular complexity index is 508. The average molecular weight is 227 g/mol. The predicted molar refractivity (Wildman–Crippen MR) is 70.5 cm³/mol. The zero-order valence-corrected chi connectivity index (χ0v) is 9.93. The molecule has 4 N–H and O–H groups in total. The molecule has 0 saturated carbocycles. The van der Waals surface area contributed by atoms with Crippen LogP contribution in [-0.4, -0.2) is 4.98 Å². The molecule has 0 saturated heterocycles. The monoisotopic (exact) mass is 227 g/mol. The third-order valence-electron chi connectivity index (χ3n) is 2.97. The molecule has 1 aromatic carbocycles. The van der Waals surface area contributed by atoms with E-state index in [1.165, 1.54) is 11.1 Å². The van der Waals surface area contributed by atoms with Crippen molar-refractivity contribution in [2.24, 2.45) is 5.73 Å². The second kappa shape index (κ2) is 4.97. The average Bonchev–Trinajstić information content (AvgIpc) is 2.32. The van der Waals surface area contributed by atoms with E-state index in [1.807, 2.05) is 24.3 Å².